The molecule has 0 unspecified atom stereocenters. The Kier molecular flexibility index (Phi) is 3.33. The summed E-state index contributed by atoms with van der Waals surface area (Å²) in [6.07, 6.45) is 0. The third kappa shape index (κ3) is 2.45. The van der Waals surface area contributed by atoms with E-state index in [1.807, 2.05) is 0 Å². The van der Waals surface area contributed by atoms with Crippen molar-refractivity contribution in [1.82, 2.24) is 0 Å². The Labute approximate surface area is 75.7 Å². The molecule has 1 rings (SSSR count). The summed E-state index contributed by atoms with van der Waals surface area (Å²) in [7, 11) is 1.80. The van der Waals surface area contributed by atoms with Crippen molar-refractivity contribution in [1.29, 1.82) is 0 Å². The van der Waals surface area contributed by atoms with Gasteiger partial charge in [-0.1, -0.05) is 0 Å². The summed E-state index contributed by atoms with van der Waals surface area (Å²) in [5.74, 6) is 0. The van der Waals surface area contributed by atoms with Crippen LogP contribution >= 0.6 is 20.2 Å². The Morgan fingerprint density at radius 1 is 1.18 bits per heavy atom. The second kappa shape index (κ2) is 4.07. The van der Waals surface area contributed by atoms with E-state index in [0.29, 0.717) is 0 Å². The first-order chi connectivity index (χ1) is 5.24. The van der Waals surface area contributed by atoms with Gasteiger partial charge in [0.15, 0.2) is 0 Å². The SMILES string of the molecule is COI(C)c1ccc(C)cc1. The molecule has 0 atom stereocenters. The number of hydrogen-bond donors (Lipinski definition) is 0. The van der Waals surface area contributed by atoms with Crippen molar-refractivity contribution in [2.75, 3.05) is 12.0 Å². The first-order valence-corrected chi connectivity index (χ1v) is 7.57. The molecule has 1 nitrogen and oxygen atoms in total. The summed E-state index contributed by atoms with van der Waals surface area (Å²) in [5, 5.41) is 0. The van der Waals surface area contributed by atoms with Crippen LogP contribution in [-0.4, -0.2) is 12.0 Å². The van der Waals surface area contributed by atoms with E-state index in [1.165, 1.54) is 9.13 Å². The van der Waals surface area contributed by atoms with Gasteiger partial charge in [0, 0.05) is 0 Å². The van der Waals surface area contributed by atoms with Crippen LogP contribution < -0.4 is 0 Å². The number of benzene rings is 1. The summed E-state index contributed by atoms with van der Waals surface area (Å²) < 4.78 is 6.72. The van der Waals surface area contributed by atoms with E-state index in [1.54, 1.807) is 7.11 Å². The van der Waals surface area contributed by atoms with Crippen molar-refractivity contribution >= 4 is 20.2 Å². The molecule has 0 saturated carbocycles. The Morgan fingerprint density at radius 2 is 1.73 bits per heavy atom. The van der Waals surface area contributed by atoms with Crippen LogP contribution in [0.4, 0.5) is 0 Å². The molecule has 1 aromatic rings. The number of rotatable bonds is 2. The van der Waals surface area contributed by atoms with Crippen LogP contribution in [0.5, 0.6) is 0 Å². The van der Waals surface area contributed by atoms with E-state index in [0.717, 1.165) is 0 Å². The number of hydrogen-bond acceptors (Lipinski definition) is 1. The van der Waals surface area contributed by atoms with Gasteiger partial charge < -0.3 is 0 Å². The predicted molar refractivity (Wildman–Crippen MR) is 56.8 cm³/mol. The van der Waals surface area contributed by atoms with Crippen LogP contribution in [0.15, 0.2) is 24.3 Å². The van der Waals surface area contributed by atoms with E-state index in [-0.39, 0.29) is 0 Å². The number of halogens is 1. The van der Waals surface area contributed by atoms with Gasteiger partial charge in [-0.05, 0) is 0 Å². The van der Waals surface area contributed by atoms with Gasteiger partial charge in [-0.2, -0.15) is 0 Å². The molecule has 0 aliphatic carbocycles. The van der Waals surface area contributed by atoms with E-state index in [4.69, 9.17) is 3.07 Å². The van der Waals surface area contributed by atoms with Crippen molar-refractivity contribution < 1.29 is 3.07 Å². The van der Waals surface area contributed by atoms with Crippen molar-refractivity contribution in [2.24, 2.45) is 0 Å². The molecule has 0 bridgehead atoms. The normalized spacial score (nSPS) is 11.4. The zero-order chi connectivity index (χ0) is 8.27. The van der Waals surface area contributed by atoms with Crippen molar-refractivity contribution in [2.45, 2.75) is 6.92 Å². The summed E-state index contributed by atoms with van der Waals surface area (Å²) in [6.45, 7) is 2.10. The van der Waals surface area contributed by atoms with E-state index in [2.05, 4.69) is 36.1 Å². The molecule has 0 radical (unpaired) electrons. The number of aryl methyl sites for hydroxylation is 1. The standard InChI is InChI=1S/C9H13IO/c1-8-4-6-9(7-5-8)10(2)11-3/h4-7H,1-3H3. The zero-order valence-corrected chi connectivity index (χ0v) is 9.25. The average Bonchev–Trinajstić information content (AvgIpc) is 2.05. The molecular formula is C9H13IO. The topological polar surface area (TPSA) is 9.23 Å². The van der Waals surface area contributed by atoms with Gasteiger partial charge in [0.05, 0.1) is 0 Å². The molecule has 1 aromatic carbocycles. The minimum atomic E-state index is -1.22. The van der Waals surface area contributed by atoms with Gasteiger partial charge in [-0.15, -0.1) is 0 Å². The molecule has 0 aromatic heterocycles. The van der Waals surface area contributed by atoms with Gasteiger partial charge in [0.2, 0.25) is 0 Å². The quantitative estimate of drug-likeness (QED) is 0.589. The average molecular weight is 264 g/mol. The first-order valence-electron chi connectivity index (χ1n) is 3.45. The molecule has 62 valence electrons. The Bertz CT molecular complexity index is 218. The Balaban J connectivity index is 2.81. The van der Waals surface area contributed by atoms with Crippen LogP contribution in [0.1, 0.15) is 5.56 Å². The van der Waals surface area contributed by atoms with Crippen LogP contribution in [0.25, 0.3) is 0 Å². The molecule has 0 heterocycles. The minimum absolute atomic E-state index is 1.22. The zero-order valence-electron chi connectivity index (χ0n) is 7.10. The third-order valence-electron chi connectivity index (χ3n) is 1.55. The van der Waals surface area contributed by atoms with Crippen LogP contribution in [0, 0.1) is 10.5 Å². The summed E-state index contributed by atoms with van der Waals surface area (Å²) >= 11 is -1.22. The van der Waals surface area contributed by atoms with Crippen molar-refractivity contribution in [3.8, 4) is 0 Å². The molecular weight excluding hydrogens is 251 g/mol. The fourth-order valence-corrected chi connectivity index (χ4v) is 2.68. The second-order valence-corrected chi connectivity index (χ2v) is 6.90. The second-order valence-electron chi connectivity index (χ2n) is 2.37. The Morgan fingerprint density at radius 3 is 2.18 bits per heavy atom. The maximum atomic E-state index is 5.33. The van der Waals surface area contributed by atoms with E-state index in [9.17, 15) is 0 Å². The first kappa shape index (κ1) is 9.00. The summed E-state index contributed by atoms with van der Waals surface area (Å²) in [4.78, 5) is 2.20. The molecule has 0 aliphatic heterocycles. The van der Waals surface area contributed by atoms with Crippen molar-refractivity contribution in [3.05, 3.63) is 33.4 Å². The third-order valence-corrected chi connectivity index (χ3v) is 5.34. The van der Waals surface area contributed by atoms with Gasteiger partial charge >= 0.3 is 75.7 Å². The van der Waals surface area contributed by atoms with Crippen LogP contribution in [0.3, 0.4) is 0 Å². The van der Waals surface area contributed by atoms with Crippen LogP contribution in [-0.2, 0) is 3.07 Å². The molecule has 0 spiro atoms. The summed E-state index contributed by atoms with van der Waals surface area (Å²) in [5.41, 5.74) is 1.31. The van der Waals surface area contributed by atoms with Gasteiger partial charge in [0.1, 0.15) is 0 Å². The Hall–Kier alpha value is -0.0900. The molecule has 11 heavy (non-hydrogen) atoms. The number of alkyl halides is 1. The van der Waals surface area contributed by atoms with Gasteiger partial charge in [0.25, 0.3) is 0 Å². The van der Waals surface area contributed by atoms with Crippen molar-refractivity contribution in [3.63, 3.8) is 0 Å². The van der Waals surface area contributed by atoms with Crippen LogP contribution in [0.2, 0.25) is 0 Å². The van der Waals surface area contributed by atoms with E-state index >= 15 is 0 Å². The molecule has 0 amide bonds. The molecule has 0 aliphatic rings. The van der Waals surface area contributed by atoms with Gasteiger partial charge in [-0.3, -0.25) is 0 Å². The summed E-state index contributed by atoms with van der Waals surface area (Å²) in [6, 6.07) is 8.62. The maximum absolute atomic E-state index is 5.33. The predicted octanol–water partition coefficient (Wildman–Crippen LogP) is 2.86. The fourth-order valence-electron chi connectivity index (χ4n) is 0.800. The molecule has 0 N–H and O–H groups in total. The van der Waals surface area contributed by atoms with E-state index < -0.39 is 20.2 Å². The molecule has 0 fully saturated rings. The fraction of sp³-hybridized carbons (Fsp3) is 0.333. The monoisotopic (exact) mass is 264 g/mol. The molecule has 2 heteroatoms. The molecule has 0 saturated heterocycles. The van der Waals surface area contributed by atoms with Gasteiger partial charge in [-0.25, -0.2) is 0 Å².